The molecule has 0 amide bonds. The number of fused-ring (bicyclic) bond motifs is 1. The molecule has 3 unspecified atom stereocenters. The summed E-state index contributed by atoms with van der Waals surface area (Å²) in [5.41, 5.74) is 2.28. The standard InChI is InChI=1S/C10H16.C6H6O.C3H6O.C2H4O.CH2O/c1-7-4-5-8-6-9(7)10(8,2)3;7-6-4-2-1-3-5-6;1-3-2-4-3;1-2-3-1;1-2/h4,8-9H,5-6H2,1-3H3;1-5,7H;3H,2H2,1H3;1-2H2;1H2. The molecule has 4 heteroatoms. The second kappa shape index (κ2) is 11.1. The third-order valence-corrected chi connectivity index (χ3v) is 5.20. The number of ether oxygens (including phenoxy) is 2. The second-order valence-corrected chi connectivity index (χ2v) is 7.58. The van der Waals surface area contributed by atoms with Crippen molar-refractivity contribution in [1.29, 1.82) is 0 Å². The van der Waals surface area contributed by atoms with E-state index in [4.69, 9.17) is 14.6 Å². The van der Waals surface area contributed by atoms with Gasteiger partial charge in [-0.3, -0.25) is 0 Å². The average Bonchev–Trinajstić information content (AvgIpc) is 3.53. The van der Waals surface area contributed by atoms with Crippen LogP contribution in [0, 0.1) is 17.3 Å². The lowest BCUT2D eigenvalue weighted by Gasteiger charge is -2.56. The Kier molecular flexibility index (Phi) is 9.60. The van der Waals surface area contributed by atoms with E-state index in [9.17, 15) is 0 Å². The molecular formula is C22H34O4. The normalized spacial score (nSPS) is 27.5. The Morgan fingerprint density at radius 2 is 1.65 bits per heavy atom. The van der Waals surface area contributed by atoms with Crippen LogP contribution in [0.25, 0.3) is 0 Å². The first kappa shape index (κ1) is 22.4. The van der Waals surface area contributed by atoms with Gasteiger partial charge >= 0.3 is 0 Å². The number of rotatable bonds is 0. The fourth-order valence-electron chi connectivity index (χ4n) is 3.18. The first-order valence-electron chi connectivity index (χ1n) is 9.30. The van der Waals surface area contributed by atoms with E-state index < -0.39 is 0 Å². The lowest BCUT2D eigenvalue weighted by atomic mass is 9.49. The molecule has 2 heterocycles. The Bertz CT molecular complexity index is 530. The summed E-state index contributed by atoms with van der Waals surface area (Å²) >= 11 is 0. The lowest BCUT2D eigenvalue weighted by Crippen LogP contribution is -2.47. The summed E-state index contributed by atoms with van der Waals surface area (Å²) < 4.78 is 9.21. The highest BCUT2D eigenvalue weighted by atomic mass is 16.6. The Morgan fingerprint density at radius 1 is 1.15 bits per heavy atom. The number of carbonyl (C=O) groups excluding carboxylic acids is 1. The van der Waals surface area contributed by atoms with Gasteiger partial charge < -0.3 is 19.4 Å². The first-order valence-corrected chi connectivity index (χ1v) is 9.30. The monoisotopic (exact) mass is 362 g/mol. The average molecular weight is 363 g/mol. The van der Waals surface area contributed by atoms with E-state index in [1.807, 2.05) is 12.9 Å². The number of phenols is 1. The van der Waals surface area contributed by atoms with Crippen molar-refractivity contribution in [2.45, 2.75) is 46.6 Å². The fraction of sp³-hybridized carbons (Fsp3) is 0.591. The number of para-hydroxylation sites is 1. The van der Waals surface area contributed by atoms with Crippen molar-refractivity contribution in [3.63, 3.8) is 0 Å². The van der Waals surface area contributed by atoms with Crippen molar-refractivity contribution < 1.29 is 19.4 Å². The predicted molar refractivity (Wildman–Crippen MR) is 105 cm³/mol. The summed E-state index contributed by atoms with van der Waals surface area (Å²) in [5, 5.41) is 8.63. The fourth-order valence-corrected chi connectivity index (χ4v) is 3.18. The molecule has 3 fully saturated rings. The molecule has 0 spiro atoms. The summed E-state index contributed by atoms with van der Waals surface area (Å²) in [4.78, 5) is 8.00. The zero-order valence-corrected chi connectivity index (χ0v) is 16.6. The van der Waals surface area contributed by atoms with Crippen LogP contribution in [0.2, 0.25) is 0 Å². The third kappa shape index (κ3) is 8.15. The SMILES string of the molecule is C1CO1.C=O.CC1=CCC2CC1C2(C)C.CC1CO1.Oc1ccccc1. The van der Waals surface area contributed by atoms with Crippen LogP contribution in [0.1, 0.15) is 40.5 Å². The van der Waals surface area contributed by atoms with Gasteiger partial charge in [-0.25, -0.2) is 0 Å². The maximum atomic E-state index is 8.63. The van der Waals surface area contributed by atoms with E-state index in [0.29, 0.717) is 17.3 Å². The molecule has 1 N–H and O–H groups in total. The first-order chi connectivity index (χ1) is 12.4. The Hall–Kier alpha value is -1.65. The van der Waals surface area contributed by atoms with Gasteiger partial charge in [0, 0.05) is 0 Å². The molecule has 2 bridgehead atoms. The molecule has 0 aromatic heterocycles. The van der Waals surface area contributed by atoms with Crippen molar-refractivity contribution in [2.24, 2.45) is 17.3 Å². The van der Waals surface area contributed by atoms with Crippen molar-refractivity contribution in [1.82, 2.24) is 0 Å². The third-order valence-electron chi connectivity index (χ3n) is 5.20. The topological polar surface area (TPSA) is 62.4 Å². The predicted octanol–water partition coefficient (Wildman–Crippen LogP) is 4.63. The molecule has 5 aliphatic rings. The molecule has 2 aliphatic heterocycles. The minimum absolute atomic E-state index is 0.322. The Labute approximate surface area is 158 Å². The highest BCUT2D eigenvalue weighted by molar-refractivity contribution is 5.21. The number of carbonyl (C=O) groups is 1. The minimum atomic E-state index is 0.322. The number of allylic oxidation sites excluding steroid dienone is 2. The van der Waals surface area contributed by atoms with Gasteiger partial charge in [0.2, 0.25) is 0 Å². The quantitative estimate of drug-likeness (QED) is 0.540. The van der Waals surface area contributed by atoms with E-state index in [-0.39, 0.29) is 0 Å². The summed E-state index contributed by atoms with van der Waals surface area (Å²) in [6.45, 7) is 14.2. The summed E-state index contributed by atoms with van der Waals surface area (Å²) in [7, 11) is 0. The van der Waals surface area contributed by atoms with Gasteiger partial charge in [0.1, 0.15) is 12.5 Å². The lowest BCUT2D eigenvalue weighted by molar-refractivity contribution is -0.0979. The van der Waals surface area contributed by atoms with Crippen LogP contribution in [0.4, 0.5) is 0 Å². The Morgan fingerprint density at radius 3 is 1.85 bits per heavy atom. The van der Waals surface area contributed by atoms with Crippen LogP contribution in [0.5, 0.6) is 5.75 Å². The van der Waals surface area contributed by atoms with Gasteiger partial charge in [-0.2, -0.15) is 0 Å². The van der Waals surface area contributed by atoms with E-state index in [0.717, 1.165) is 31.7 Å². The highest BCUT2D eigenvalue weighted by Crippen LogP contribution is 2.58. The van der Waals surface area contributed by atoms with Gasteiger partial charge in [-0.15, -0.1) is 0 Å². The number of epoxide rings is 2. The molecule has 4 nitrogen and oxygen atoms in total. The molecule has 1 saturated carbocycles. The van der Waals surface area contributed by atoms with E-state index in [1.54, 1.807) is 29.8 Å². The molecule has 146 valence electrons. The minimum Gasteiger partial charge on any atom is -0.508 e. The summed E-state index contributed by atoms with van der Waals surface area (Å²) in [5.74, 6) is 2.25. The second-order valence-electron chi connectivity index (χ2n) is 7.58. The van der Waals surface area contributed by atoms with Crippen LogP contribution < -0.4 is 0 Å². The van der Waals surface area contributed by atoms with Crippen molar-refractivity contribution in [3.8, 4) is 5.75 Å². The van der Waals surface area contributed by atoms with Gasteiger partial charge in [-0.05, 0) is 56.1 Å². The van der Waals surface area contributed by atoms with Crippen LogP contribution in [-0.2, 0) is 14.3 Å². The van der Waals surface area contributed by atoms with Crippen molar-refractivity contribution in [3.05, 3.63) is 42.0 Å². The number of aromatic hydroxyl groups is 1. The largest absolute Gasteiger partial charge is 0.508 e. The maximum Gasteiger partial charge on any atom is 0.115 e. The number of benzene rings is 1. The maximum absolute atomic E-state index is 8.63. The van der Waals surface area contributed by atoms with Crippen molar-refractivity contribution in [2.75, 3.05) is 19.8 Å². The van der Waals surface area contributed by atoms with Gasteiger partial charge in [0.05, 0.1) is 25.9 Å². The number of hydrogen-bond donors (Lipinski definition) is 1. The van der Waals surface area contributed by atoms with Crippen LogP contribution in [-0.4, -0.2) is 37.8 Å². The zero-order chi connectivity index (χ0) is 19.6. The smallest absolute Gasteiger partial charge is 0.115 e. The van der Waals surface area contributed by atoms with Crippen molar-refractivity contribution >= 4 is 6.79 Å². The summed E-state index contributed by atoms with van der Waals surface area (Å²) in [6, 6.07) is 8.71. The number of hydrogen-bond acceptors (Lipinski definition) is 4. The molecule has 3 atom stereocenters. The van der Waals surface area contributed by atoms with Crippen LogP contribution in [0.15, 0.2) is 42.0 Å². The molecule has 3 aliphatic carbocycles. The van der Waals surface area contributed by atoms with Gasteiger partial charge in [0.15, 0.2) is 0 Å². The molecule has 1 aromatic carbocycles. The molecule has 0 radical (unpaired) electrons. The Balaban J connectivity index is 0.000000183. The van der Waals surface area contributed by atoms with E-state index in [2.05, 4.69) is 38.5 Å². The van der Waals surface area contributed by atoms with Crippen LogP contribution in [0.3, 0.4) is 0 Å². The van der Waals surface area contributed by atoms with Gasteiger partial charge in [-0.1, -0.05) is 43.7 Å². The molecular weight excluding hydrogens is 328 g/mol. The van der Waals surface area contributed by atoms with E-state index >= 15 is 0 Å². The molecule has 2 saturated heterocycles. The van der Waals surface area contributed by atoms with Gasteiger partial charge in [0.25, 0.3) is 0 Å². The number of phenolic OH excluding ortho intramolecular Hbond substituents is 1. The molecule has 26 heavy (non-hydrogen) atoms. The molecule has 6 rings (SSSR count). The highest BCUT2D eigenvalue weighted by Gasteiger charge is 2.49. The van der Waals surface area contributed by atoms with Crippen LogP contribution >= 0.6 is 0 Å². The van der Waals surface area contributed by atoms with E-state index in [1.165, 1.54) is 12.8 Å². The zero-order valence-electron chi connectivity index (χ0n) is 16.6. The molecule has 1 aromatic rings. The summed E-state index contributed by atoms with van der Waals surface area (Å²) in [6.07, 6.45) is 5.83.